The Balaban J connectivity index is 4.56. The van der Waals surface area contributed by atoms with E-state index in [9.17, 15) is 9.59 Å². The number of rotatable bonds is 19. The summed E-state index contributed by atoms with van der Waals surface area (Å²) in [5, 5.41) is 6.23. The highest BCUT2D eigenvalue weighted by atomic mass is 16.6. The zero-order valence-electron chi connectivity index (χ0n) is 26.8. The highest BCUT2D eigenvalue weighted by molar-refractivity contribution is 6.01. The van der Waals surface area contributed by atoms with E-state index in [0.29, 0.717) is 6.54 Å². The molecule has 0 aromatic carbocycles. The Bertz CT molecular complexity index is 726. The molecule has 0 fully saturated rings. The van der Waals surface area contributed by atoms with Gasteiger partial charge in [0, 0.05) is 6.54 Å². The number of aliphatic imine (C=N–C) groups is 1. The van der Waals surface area contributed by atoms with Crippen molar-refractivity contribution in [1.82, 2.24) is 15.5 Å². The summed E-state index contributed by atoms with van der Waals surface area (Å²) in [4.78, 5) is 31.4. The molecule has 0 aliphatic rings. The summed E-state index contributed by atoms with van der Waals surface area (Å²) in [6.45, 7) is 16.4. The fraction of sp³-hybridized carbons (Fsp3) is 0.839. The zero-order valence-corrected chi connectivity index (χ0v) is 26.8. The van der Waals surface area contributed by atoms with Crippen LogP contribution in [0.5, 0.6) is 0 Å². The van der Waals surface area contributed by atoms with Gasteiger partial charge in [0.15, 0.2) is 0 Å². The maximum absolute atomic E-state index is 12.9. The van der Waals surface area contributed by atoms with E-state index in [-0.39, 0.29) is 12.5 Å². The van der Waals surface area contributed by atoms with Crippen LogP contribution in [-0.4, -0.2) is 67.0 Å². The normalized spacial score (nSPS) is 12.6. The SMILES string of the molecule is C/C=C/CN(C(=O)OC(C)(C)C)C(=NCCCCCCCCNCCCCCCCCN)NC(=O)OC(C)(C)C. The molecule has 0 aromatic rings. The Morgan fingerprint density at radius 1 is 0.775 bits per heavy atom. The van der Waals surface area contributed by atoms with Gasteiger partial charge in [0.05, 0.1) is 6.54 Å². The fourth-order valence-electron chi connectivity index (χ4n) is 3.84. The number of allylic oxidation sites excluding steroid dienone is 1. The van der Waals surface area contributed by atoms with Crippen LogP contribution in [0.25, 0.3) is 0 Å². The van der Waals surface area contributed by atoms with Crippen molar-refractivity contribution in [3.63, 3.8) is 0 Å². The minimum absolute atomic E-state index is 0.142. The molecule has 0 radical (unpaired) electrons. The van der Waals surface area contributed by atoms with E-state index in [1.165, 1.54) is 56.3 Å². The predicted octanol–water partition coefficient (Wildman–Crippen LogP) is 6.91. The van der Waals surface area contributed by atoms with Crippen molar-refractivity contribution in [1.29, 1.82) is 0 Å². The molecule has 0 unspecified atom stereocenters. The van der Waals surface area contributed by atoms with E-state index in [2.05, 4.69) is 15.6 Å². The highest BCUT2D eigenvalue weighted by Crippen LogP contribution is 2.12. The molecule has 0 saturated heterocycles. The summed E-state index contributed by atoms with van der Waals surface area (Å²) in [6.07, 6.45) is 16.7. The van der Waals surface area contributed by atoms with E-state index in [1.54, 1.807) is 41.5 Å². The van der Waals surface area contributed by atoms with Gasteiger partial charge in [0.1, 0.15) is 11.2 Å². The fourth-order valence-corrected chi connectivity index (χ4v) is 3.84. The minimum Gasteiger partial charge on any atom is -0.444 e. The number of guanidine groups is 1. The molecule has 9 nitrogen and oxygen atoms in total. The Kier molecular flexibility index (Phi) is 21.3. The smallest absolute Gasteiger partial charge is 0.417 e. The summed E-state index contributed by atoms with van der Waals surface area (Å²) >= 11 is 0. The second kappa shape index (κ2) is 22.5. The zero-order chi connectivity index (χ0) is 30.3. The first-order chi connectivity index (χ1) is 18.9. The molecule has 0 heterocycles. The van der Waals surface area contributed by atoms with Gasteiger partial charge in [0.25, 0.3) is 0 Å². The van der Waals surface area contributed by atoms with Gasteiger partial charge in [-0.15, -0.1) is 0 Å². The van der Waals surface area contributed by atoms with Gasteiger partial charge in [-0.05, 0) is 93.8 Å². The molecule has 2 amide bonds. The Morgan fingerprint density at radius 2 is 1.27 bits per heavy atom. The molecule has 234 valence electrons. The number of carbonyl (C=O) groups is 2. The Labute approximate surface area is 245 Å². The van der Waals surface area contributed by atoms with Crippen molar-refractivity contribution in [2.24, 2.45) is 10.7 Å². The van der Waals surface area contributed by atoms with E-state index in [0.717, 1.165) is 45.3 Å². The molecule has 0 aliphatic carbocycles. The van der Waals surface area contributed by atoms with Gasteiger partial charge in [-0.3, -0.25) is 10.3 Å². The third-order valence-corrected chi connectivity index (χ3v) is 5.84. The van der Waals surface area contributed by atoms with Gasteiger partial charge in [0.2, 0.25) is 5.96 Å². The standard InChI is InChI=1S/C31H61N5O4/c1-8-9-26-36(29(38)40-31(5,6)7)27(35-28(37)39-30(2,3)4)34-25-21-17-13-12-16-20-24-33-23-19-15-11-10-14-18-22-32/h8-9,33H,10-26,32H2,1-7H3,(H,34,35,37)/b9-8+. The lowest BCUT2D eigenvalue weighted by molar-refractivity contribution is 0.0373. The van der Waals surface area contributed by atoms with Gasteiger partial charge in [-0.2, -0.15) is 0 Å². The lowest BCUT2D eigenvalue weighted by atomic mass is 10.1. The van der Waals surface area contributed by atoms with Gasteiger partial charge in [-0.1, -0.05) is 63.5 Å². The van der Waals surface area contributed by atoms with Crippen LogP contribution in [-0.2, 0) is 9.47 Å². The van der Waals surface area contributed by atoms with E-state index in [1.807, 2.05) is 19.1 Å². The average molecular weight is 568 g/mol. The number of carbonyl (C=O) groups excluding carboxylic acids is 2. The third-order valence-electron chi connectivity index (χ3n) is 5.84. The Morgan fingerprint density at radius 3 is 1.77 bits per heavy atom. The van der Waals surface area contributed by atoms with Gasteiger partial charge in [-0.25, -0.2) is 14.5 Å². The number of amides is 2. The molecule has 0 spiro atoms. The lowest BCUT2D eigenvalue weighted by Gasteiger charge is -2.28. The highest BCUT2D eigenvalue weighted by Gasteiger charge is 2.27. The first kappa shape index (κ1) is 37.9. The molecule has 0 aliphatic heterocycles. The molecule has 4 N–H and O–H groups in total. The number of alkyl carbamates (subject to hydrolysis) is 1. The molecule has 0 rings (SSSR count). The summed E-state index contributed by atoms with van der Waals surface area (Å²) in [7, 11) is 0. The first-order valence-corrected chi connectivity index (χ1v) is 15.5. The molecule has 0 atom stereocenters. The molecule has 0 aromatic heterocycles. The van der Waals surface area contributed by atoms with Crippen molar-refractivity contribution in [3.05, 3.63) is 12.2 Å². The number of hydrogen-bond acceptors (Lipinski definition) is 7. The van der Waals surface area contributed by atoms with Crippen LogP contribution >= 0.6 is 0 Å². The largest absolute Gasteiger partial charge is 0.444 e. The number of unbranched alkanes of at least 4 members (excludes halogenated alkanes) is 10. The van der Waals surface area contributed by atoms with E-state index >= 15 is 0 Å². The van der Waals surface area contributed by atoms with Crippen LogP contribution in [0.15, 0.2) is 17.1 Å². The second-order valence-electron chi connectivity index (χ2n) is 12.3. The molecular weight excluding hydrogens is 506 g/mol. The number of nitrogens with one attached hydrogen (secondary N) is 2. The molecule has 0 bridgehead atoms. The van der Waals surface area contributed by atoms with Crippen molar-refractivity contribution < 1.29 is 19.1 Å². The first-order valence-electron chi connectivity index (χ1n) is 15.5. The third kappa shape index (κ3) is 23.7. The van der Waals surface area contributed by atoms with E-state index < -0.39 is 23.4 Å². The number of nitrogens with two attached hydrogens (primary N) is 1. The molecule has 0 saturated carbocycles. The second-order valence-corrected chi connectivity index (χ2v) is 12.3. The number of ether oxygens (including phenoxy) is 2. The molecule has 9 heteroatoms. The van der Waals surface area contributed by atoms with Crippen molar-refractivity contribution in [2.75, 3.05) is 32.7 Å². The molecule has 40 heavy (non-hydrogen) atoms. The van der Waals surface area contributed by atoms with Crippen LogP contribution in [0.4, 0.5) is 9.59 Å². The average Bonchev–Trinajstić information content (AvgIpc) is 2.83. The summed E-state index contributed by atoms with van der Waals surface area (Å²) in [5.74, 6) is 0.142. The summed E-state index contributed by atoms with van der Waals surface area (Å²) in [5.41, 5.74) is 4.18. The van der Waals surface area contributed by atoms with Gasteiger partial charge >= 0.3 is 12.2 Å². The van der Waals surface area contributed by atoms with Crippen LogP contribution in [0.3, 0.4) is 0 Å². The lowest BCUT2D eigenvalue weighted by Crippen LogP contribution is -2.50. The van der Waals surface area contributed by atoms with Gasteiger partial charge < -0.3 is 20.5 Å². The number of hydrogen-bond donors (Lipinski definition) is 3. The summed E-state index contributed by atoms with van der Waals surface area (Å²) in [6, 6.07) is 0. The molecular formula is C31H61N5O4. The van der Waals surface area contributed by atoms with Crippen molar-refractivity contribution in [3.8, 4) is 0 Å². The van der Waals surface area contributed by atoms with Crippen LogP contribution in [0.1, 0.15) is 126 Å². The number of nitrogens with zero attached hydrogens (tertiary/aromatic N) is 2. The topological polar surface area (TPSA) is 118 Å². The quantitative estimate of drug-likeness (QED) is 0.0675. The monoisotopic (exact) mass is 567 g/mol. The van der Waals surface area contributed by atoms with Crippen LogP contribution < -0.4 is 16.4 Å². The maximum Gasteiger partial charge on any atom is 0.417 e. The van der Waals surface area contributed by atoms with Crippen LogP contribution in [0.2, 0.25) is 0 Å². The van der Waals surface area contributed by atoms with Crippen LogP contribution in [0, 0.1) is 0 Å². The van der Waals surface area contributed by atoms with Crippen molar-refractivity contribution in [2.45, 2.75) is 137 Å². The minimum atomic E-state index is -0.678. The Hall–Kier alpha value is -2.13. The van der Waals surface area contributed by atoms with E-state index in [4.69, 9.17) is 15.2 Å². The summed E-state index contributed by atoms with van der Waals surface area (Å²) < 4.78 is 11.0. The maximum atomic E-state index is 12.9. The van der Waals surface area contributed by atoms with Crippen molar-refractivity contribution >= 4 is 18.1 Å². The predicted molar refractivity (Wildman–Crippen MR) is 167 cm³/mol.